The first-order valence-corrected chi connectivity index (χ1v) is 3.66. The Balaban J connectivity index is 0.000001000. The normalized spacial score (nSPS) is 11.7. The Labute approximate surface area is 89.0 Å². The second kappa shape index (κ2) is 4.90. The van der Waals surface area contributed by atoms with Crippen LogP contribution in [0.15, 0.2) is 29.2 Å². The SMILES string of the molecule is O=S([O-])c1ccc(O)cc1.[Na+]. The molecular formula is C6H5NaO3S. The minimum absolute atomic E-state index is 0. The summed E-state index contributed by atoms with van der Waals surface area (Å²) in [6.07, 6.45) is 0. The van der Waals surface area contributed by atoms with Crippen molar-refractivity contribution in [2.24, 2.45) is 0 Å². The van der Waals surface area contributed by atoms with Gasteiger partial charge in [-0.15, -0.1) is 0 Å². The Morgan fingerprint density at radius 1 is 1.27 bits per heavy atom. The van der Waals surface area contributed by atoms with E-state index < -0.39 is 11.1 Å². The molecule has 0 bridgehead atoms. The summed E-state index contributed by atoms with van der Waals surface area (Å²) >= 11 is -2.20. The monoisotopic (exact) mass is 180 g/mol. The minimum atomic E-state index is -2.20. The smallest absolute Gasteiger partial charge is 0.768 e. The van der Waals surface area contributed by atoms with Crippen LogP contribution in [-0.2, 0) is 11.1 Å². The number of benzene rings is 1. The maximum atomic E-state index is 10.2. The van der Waals surface area contributed by atoms with Gasteiger partial charge in [-0.05, 0) is 35.3 Å². The molecule has 0 aromatic heterocycles. The van der Waals surface area contributed by atoms with Crippen molar-refractivity contribution in [3.8, 4) is 5.75 Å². The Morgan fingerprint density at radius 3 is 2.09 bits per heavy atom. The first-order chi connectivity index (χ1) is 4.70. The molecule has 0 saturated carbocycles. The second-order valence-corrected chi connectivity index (χ2v) is 2.67. The average molecular weight is 180 g/mol. The number of rotatable bonds is 1. The maximum absolute atomic E-state index is 10.2. The molecule has 0 fully saturated rings. The van der Waals surface area contributed by atoms with Crippen LogP contribution in [0.4, 0.5) is 0 Å². The third kappa shape index (κ3) is 3.35. The van der Waals surface area contributed by atoms with Crippen LogP contribution in [0.1, 0.15) is 0 Å². The standard InChI is InChI=1S/C6H6O3S.Na/c7-5-1-3-6(4-2-5)10(8)9;/h1-4,7H,(H,8,9);/q;+1/p-1. The molecule has 5 heteroatoms. The molecule has 0 spiro atoms. The molecule has 3 nitrogen and oxygen atoms in total. The van der Waals surface area contributed by atoms with E-state index in [2.05, 4.69) is 0 Å². The van der Waals surface area contributed by atoms with E-state index in [9.17, 15) is 8.76 Å². The van der Waals surface area contributed by atoms with Crippen molar-refractivity contribution in [3.05, 3.63) is 24.3 Å². The van der Waals surface area contributed by atoms with Gasteiger partial charge in [0.25, 0.3) is 0 Å². The van der Waals surface area contributed by atoms with Gasteiger partial charge in [-0.3, -0.25) is 4.21 Å². The van der Waals surface area contributed by atoms with Gasteiger partial charge in [0.2, 0.25) is 0 Å². The molecule has 54 valence electrons. The molecule has 1 aromatic rings. The summed E-state index contributed by atoms with van der Waals surface area (Å²) in [5.41, 5.74) is 0. The largest absolute Gasteiger partial charge is 1.00 e. The Bertz CT molecular complexity index is 247. The quantitative estimate of drug-likeness (QED) is 0.388. The molecule has 1 unspecified atom stereocenters. The molecule has 0 aliphatic heterocycles. The first-order valence-electron chi connectivity index (χ1n) is 2.58. The molecular weight excluding hydrogens is 175 g/mol. The minimum Gasteiger partial charge on any atom is -0.768 e. The van der Waals surface area contributed by atoms with Crippen LogP contribution in [0.3, 0.4) is 0 Å². The molecule has 0 aliphatic carbocycles. The van der Waals surface area contributed by atoms with Gasteiger partial charge in [-0.25, -0.2) is 0 Å². The molecule has 1 N–H and O–H groups in total. The van der Waals surface area contributed by atoms with E-state index in [-0.39, 0.29) is 40.2 Å². The topological polar surface area (TPSA) is 60.4 Å². The number of phenolic OH excluding ortho intramolecular Hbond substituents is 1. The average Bonchev–Trinajstić information content (AvgIpc) is 1.88. The Kier molecular flexibility index (Phi) is 4.96. The van der Waals surface area contributed by atoms with E-state index in [0.717, 1.165) is 0 Å². The van der Waals surface area contributed by atoms with Crippen LogP contribution < -0.4 is 29.6 Å². The summed E-state index contributed by atoms with van der Waals surface area (Å²) in [4.78, 5) is 0.179. The van der Waals surface area contributed by atoms with Crippen LogP contribution in [0, 0.1) is 0 Å². The van der Waals surface area contributed by atoms with E-state index in [1.807, 2.05) is 0 Å². The van der Waals surface area contributed by atoms with Gasteiger partial charge in [0.1, 0.15) is 5.75 Å². The zero-order valence-corrected chi connectivity index (χ0v) is 8.80. The van der Waals surface area contributed by atoms with Crippen LogP contribution in [-0.4, -0.2) is 13.9 Å². The fourth-order valence-electron chi connectivity index (χ4n) is 0.557. The van der Waals surface area contributed by atoms with Crippen LogP contribution in [0.25, 0.3) is 0 Å². The van der Waals surface area contributed by atoms with E-state index in [1.54, 1.807) is 0 Å². The summed E-state index contributed by atoms with van der Waals surface area (Å²) in [5.74, 6) is 0.0641. The molecule has 0 saturated heterocycles. The van der Waals surface area contributed by atoms with Gasteiger partial charge < -0.3 is 9.66 Å². The Morgan fingerprint density at radius 2 is 1.73 bits per heavy atom. The van der Waals surface area contributed by atoms with Gasteiger partial charge in [0.05, 0.1) is 0 Å². The summed E-state index contributed by atoms with van der Waals surface area (Å²) in [6, 6.07) is 5.31. The third-order valence-electron chi connectivity index (χ3n) is 1.03. The second-order valence-electron chi connectivity index (χ2n) is 1.73. The Hall–Kier alpha value is 0.130. The van der Waals surface area contributed by atoms with E-state index >= 15 is 0 Å². The molecule has 1 rings (SSSR count). The van der Waals surface area contributed by atoms with Crippen molar-refractivity contribution in [2.45, 2.75) is 4.90 Å². The molecule has 0 heterocycles. The predicted molar refractivity (Wildman–Crippen MR) is 35.3 cm³/mol. The number of aromatic hydroxyl groups is 1. The van der Waals surface area contributed by atoms with Gasteiger partial charge in [0, 0.05) is 4.90 Å². The van der Waals surface area contributed by atoms with Gasteiger partial charge in [-0.2, -0.15) is 0 Å². The summed E-state index contributed by atoms with van der Waals surface area (Å²) < 4.78 is 20.5. The molecule has 0 radical (unpaired) electrons. The van der Waals surface area contributed by atoms with Crippen molar-refractivity contribution >= 4 is 11.1 Å². The van der Waals surface area contributed by atoms with Crippen LogP contribution >= 0.6 is 0 Å². The van der Waals surface area contributed by atoms with E-state index in [4.69, 9.17) is 5.11 Å². The molecule has 1 aromatic carbocycles. The molecule has 11 heavy (non-hydrogen) atoms. The zero-order valence-electron chi connectivity index (χ0n) is 5.98. The zero-order chi connectivity index (χ0) is 7.56. The van der Waals surface area contributed by atoms with Crippen molar-refractivity contribution in [2.75, 3.05) is 0 Å². The van der Waals surface area contributed by atoms with Crippen molar-refractivity contribution in [3.63, 3.8) is 0 Å². The van der Waals surface area contributed by atoms with Gasteiger partial charge in [0.15, 0.2) is 0 Å². The number of hydrogen-bond donors (Lipinski definition) is 1. The number of phenols is 1. The summed E-state index contributed by atoms with van der Waals surface area (Å²) in [5, 5.41) is 8.74. The molecule has 0 aliphatic rings. The van der Waals surface area contributed by atoms with Gasteiger partial charge >= 0.3 is 29.6 Å². The van der Waals surface area contributed by atoms with Crippen molar-refractivity contribution in [1.29, 1.82) is 0 Å². The van der Waals surface area contributed by atoms with Gasteiger partial charge in [-0.1, -0.05) is 0 Å². The summed E-state index contributed by atoms with van der Waals surface area (Å²) in [6.45, 7) is 0. The molecule has 1 atom stereocenters. The first kappa shape index (κ1) is 11.1. The molecule has 0 amide bonds. The van der Waals surface area contributed by atoms with Crippen LogP contribution in [0.5, 0.6) is 5.75 Å². The van der Waals surface area contributed by atoms with E-state index in [1.165, 1.54) is 24.3 Å². The maximum Gasteiger partial charge on any atom is 1.00 e. The third-order valence-corrected chi connectivity index (χ3v) is 1.69. The van der Waals surface area contributed by atoms with E-state index in [0.29, 0.717) is 0 Å². The van der Waals surface area contributed by atoms with Crippen molar-refractivity contribution < 1.29 is 43.4 Å². The summed E-state index contributed by atoms with van der Waals surface area (Å²) in [7, 11) is 0. The fraction of sp³-hybridized carbons (Fsp3) is 0. The van der Waals surface area contributed by atoms with Crippen molar-refractivity contribution in [1.82, 2.24) is 0 Å². The fourth-order valence-corrected chi connectivity index (χ4v) is 0.916. The predicted octanol–water partition coefficient (Wildman–Crippen LogP) is -2.37. The number of hydrogen-bond acceptors (Lipinski definition) is 3. The van der Waals surface area contributed by atoms with Crippen LogP contribution in [0.2, 0.25) is 0 Å².